The van der Waals surface area contributed by atoms with Crippen molar-refractivity contribution in [2.75, 3.05) is 0 Å². The second-order valence-electron chi connectivity index (χ2n) is 13.1. The summed E-state index contributed by atoms with van der Waals surface area (Å²) in [5.74, 6) is 1.70. The van der Waals surface area contributed by atoms with Crippen LogP contribution in [-0.2, 0) is 7.05 Å². The van der Waals surface area contributed by atoms with Crippen LogP contribution in [0.25, 0.3) is 72.1 Å². The summed E-state index contributed by atoms with van der Waals surface area (Å²) < 4.78 is 11.7. The van der Waals surface area contributed by atoms with Crippen LogP contribution in [0.4, 0.5) is 0 Å². The van der Waals surface area contributed by atoms with Crippen molar-refractivity contribution >= 4 is 43.9 Å². The van der Waals surface area contributed by atoms with Crippen LogP contribution in [-0.4, -0.2) is 14.5 Å². The van der Waals surface area contributed by atoms with Gasteiger partial charge in [-0.1, -0.05) is 82.3 Å². The van der Waals surface area contributed by atoms with E-state index in [4.69, 9.17) is 4.42 Å². The lowest BCUT2D eigenvalue weighted by atomic mass is 9.88. The first-order valence-corrected chi connectivity index (χ1v) is 16.1. The van der Waals surface area contributed by atoms with Gasteiger partial charge in [0.2, 0.25) is 0 Å². The average Bonchev–Trinajstić information content (AvgIpc) is 3.57. The Morgan fingerprint density at radius 2 is 1.48 bits per heavy atom. The highest BCUT2D eigenvalue weighted by Crippen LogP contribution is 2.43. The van der Waals surface area contributed by atoms with Crippen LogP contribution in [0.1, 0.15) is 56.2 Å². The minimum absolute atomic E-state index is 0.298. The van der Waals surface area contributed by atoms with Crippen LogP contribution in [0.5, 0.6) is 0 Å². The summed E-state index contributed by atoms with van der Waals surface area (Å²) in [6, 6.07) is 32.9. The second-order valence-corrected chi connectivity index (χ2v) is 13.1. The zero-order valence-corrected chi connectivity index (χ0v) is 27.2. The molecule has 5 heteroatoms. The highest BCUT2D eigenvalue weighted by Gasteiger charge is 2.34. The molecule has 8 aromatic rings. The van der Waals surface area contributed by atoms with Crippen LogP contribution in [0, 0.1) is 6.92 Å². The number of hydrogen-bond acceptors (Lipinski definition) is 3. The number of furan rings is 1. The Hall–Kier alpha value is -5.29. The molecular weight excluding hydrogens is 564 g/mol. The van der Waals surface area contributed by atoms with Gasteiger partial charge in [-0.2, -0.15) is 4.57 Å². The molecular formula is C41H37N4O+. The number of aromatic nitrogens is 4. The van der Waals surface area contributed by atoms with Crippen LogP contribution in [0.15, 0.2) is 108 Å². The van der Waals surface area contributed by atoms with Crippen molar-refractivity contribution in [2.24, 2.45) is 7.05 Å². The minimum Gasteiger partial charge on any atom is -0.455 e. The molecule has 3 aromatic heterocycles. The van der Waals surface area contributed by atoms with E-state index in [1.54, 1.807) is 6.33 Å². The van der Waals surface area contributed by atoms with Gasteiger partial charge in [0.05, 0.1) is 12.6 Å². The first-order chi connectivity index (χ1) is 22.3. The molecule has 3 heterocycles. The van der Waals surface area contributed by atoms with Crippen molar-refractivity contribution in [3.63, 3.8) is 0 Å². The lowest BCUT2D eigenvalue weighted by Gasteiger charge is -2.21. The third-order valence-corrected chi connectivity index (χ3v) is 9.45. The molecule has 0 spiro atoms. The van der Waals surface area contributed by atoms with E-state index >= 15 is 0 Å². The van der Waals surface area contributed by atoms with Crippen LogP contribution >= 0.6 is 0 Å². The molecule has 0 atom stereocenters. The Labute approximate surface area is 268 Å². The van der Waals surface area contributed by atoms with Gasteiger partial charge in [0.1, 0.15) is 23.2 Å². The van der Waals surface area contributed by atoms with E-state index in [-0.39, 0.29) is 0 Å². The van der Waals surface area contributed by atoms with E-state index in [0.717, 1.165) is 49.8 Å². The molecule has 0 amide bonds. The number of aryl methyl sites for hydroxylation is 2. The normalized spacial score (nSPS) is 12.1. The molecule has 0 unspecified atom stereocenters. The second kappa shape index (κ2) is 10.7. The third-order valence-electron chi connectivity index (χ3n) is 9.45. The van der Waals surface area contributed by atoms with E-state index in [9.17, 15) is 0 Å². The fourth-order valence-corrected chi connectivity index (χ4v) is 7.13. The molecule has 0 bridgehead atoms. The molecule has 0 N–H and O–H groups in total. The van der Waals surface area contributed by atoms with Crippen LogP contribution in [0.3, 0.4) is 0 Å². The molecule has 0 saturated carbocycles. The first kappa shape index (κ1) is 28.2. The monoisotopic (exact) mass is 601 g/mol. The topological polar surface area (TPSA) is 47.7 Å². The Bertz CT molecular complexity index is 2420. The molecule has 0 saturated heterocycles. The van der Waals surface area contributed by atoms with Crippen molar-refractivity contribution in [1.82, 2.24) is 14.5 Å². The minimum atomic E-state index is 0.298. The molecule has 8 rings (SSSR count). The molecule has 0 aliphatic rings. The lowest BCUT2D eigenvalue weighted by Crippen LogP contribution is -2.30. The maximum Gasteiger partial charge on any atom is 0.299 e. The third kappa shape index (κ3) is 4.26. The number of hydrogen-bond donors (Lipinski definition) is 0. The summed E-state index contributed by atoms with van der Waals surface area (Å²) >= 11 is 0. The lowest BCUT2D eigenvalue weighted by molar-refractivity contribution is -0.633. The number of benzene rings is 5. The summed E-state index contributed by atoms with van der Waals surface area (Å²) in [6.07, 6.45) is 3.45. The first-order valence-electron chi connectivity index (χ1n) is 16.1. The summed E-state index contributed by atoms with van der Waals surface area (Å²) in [7, 11) is 2.18. The van der Waals surface area contributed by atoms with Gasteiger partial charge in [-0.25, -0.2) is 14.5 Å². The summed E-state index contributed by atoms with van der Waals surface area (Å²) in [6.45, 7) is 11.4. The Kier molecular flexibility index (Phi) is 6.54. The predicted molar refractivity (Wildman–Crippen MR) is 189 cm³/mol. The van der Waals surface area contributed by atoms with E-state index in [1.807, 2.05) is 6.20 Å². The molecule has 5 nitrogen and oxygen atoms in total. The van der Waals surface area contributed by atoms with E-state index in [2.05, 4.69) is 152 Å². The molecule has 0 aliphatic heterocycles. The smallest absolute Gasteiger partial charge is 0.299 e. The van der Waals surface area contributed by atoms with Gasteiger partial charge < -0.3 is 4.42 Å². The molecule has 0 fully saturated rings. The van der Waals surface area contributed by atoms with E-state index in [1.165, 1.54) is 39.0 Å². The molecule has 5 aromatic carbocycles. The van der Waals surface area contributed by atoms with Crippen LogP contribution in [0.2, 0.25) is 0 Å². The number of fused-ring (bicyclic) bond motifs is 5. The molecule has 46 heavy (non-hydrogen) atoms. The van der Waals surface area contributed by atoms with E-state index < -0.39 is 0 Å². The zero-order valence-electron chi connectivity index (χ0n) is 27.2. The van der Waals surface area contributed by atoms with Crippen molar-refractivity contribution in [3.05, 3.63) is 120 Å². The summed E-state index contributed by atoms with van der Waals surface area (Å²) in [5.41, 5.74) is 13.6. The number of rotatable bonds is 5. The number of nitrogens with zero attached hydrogens (tertiary/aromatic N) is 4. The zero-order chi connectivity index (χ0) is 31.7. The Morgan fingerprint density at radius 1 is 0.761 bits per heavy atom. The quantitative estimate of drug-likeness (QED) is 0.184. The molecule has 0 radical (unpaired) electrons. The highest BCUT2D eigenvalue weighted by atomic mass is 16.3. The largest absolute Gasteiger partial charge is 0.455 e. The SMILES string of the molecule is Cc1ccc2c(oc3cc4cncnc4cc32)c1-c1n(-c2c(C(C)C)cc(-c3ccccc3)cc2C(C)C)c2ccccc2[n+]1C. The Morgan fingerprint density at radius 3 is 2.22 bits per heavy atom. The van der Waals surface area contributed by atoms with Gasteiger partial charge >= 0.3 is 0 Å². The van der Waals surface area contributed by atoms with Crippen molar-refractivity contribution in [3.8, 4) is 28.2 Å². The number of para-hydroxylation sites is 2. The van der Waals surface area contributed by atoms with E-state index in [0.29, 0.717) is 11.8 Å². The van der Waals surface area contributed by atoms with Crippen LogP contribution < -0.4 is 4.57 Å². The van der Waals surface area contributed by atoms with Gasteiger partial charge in [-0.15, -0.1) is 0 Å². The predicted octanol–water partition coefficient (Wildman–Crippen LogP) is 10.2. The highest BCUT2D eigenvalue weighted by molar-refractivity contribution is 6.13. The number of imidazole rings is 1. The Balaban J connectivity index is 1.51. The average molecular weight is 602 g/mol. The molecule has 226 valence electrons. The van der Waals surface area contributed by atoms with Crippen molar-refractivity contribution in [2.45, 2.75) is 46.5 Å². The van der Waals surface area contributed by atoms with Gasteiger partial charge in [-0.05, 0) is 71.8 Å². The van der Waals surface area contributed by atoms with Gasteiger partial charge in [0.25, 0.3) is 5.82 Å². The van der Waals surface area contributed by atoms with Gasteiger partial charge in [0.15, 0.2) is 16.6 Å². The molecule has 0 aliphatic carbocycles. The summed E-state index contributed by atoms with van der Waals surface area (Å²) in [4.78, 5) is 8.78. The van der Waals surface area contributed by atoms with Gasteiger partial charge in [0, 0.05) is 33.5 Å². The van der Waals surface area contributed by atoms with Crippen molar-refractivity contribution in [1.29, 1.82) is 0 Å². The standard InChI is InChI=1S/C41H37N4O/c1-24(2)31-18-28(27-12-8-7-9-13-27)19-32(25(3)4)39(31)45-36-15-11-10-14-35(36)44(6)41(45)38-26(5)16-17-30-33-21-34-29(22-42-23-43-34)20-37(33)46-40(30)38/h7-25H,1-6H3/q+1. The fraction of sp³-hybridized carbons (Fsp3) is 0.195. The van der Waals surface area contributed by atoms with Gasteiger partial charge in [-0.3, -0.25) is 0 Å². The maximum absolute atomic E-state index is 6.82. The summed E-state index contributed by atoms with van der Waals surface area (Å²) in [5, 5.41) is 3.11. The maximum atomic E-state index is 6.82. The fourth-order valence-electron chi connectivity index (χ4n) is 7.13. The van der Waals surface area contributed by atoms with Crippen molar-refractivity contribution < 1.29 is 8.98 Å².